The van der Waals surface area contributed by atoms with Gasteiger partial charge in [0, 0.05) is 19.3 Å². The van der Waals surface area contributed by atoms with E-state index in [1.165, 1.54) is 0 Å². The Balaban J connectivity index is 1.78. The Kier molecular flexibility index (Phi) is 3.18. The van der Waals surface area contributed by atoms with Crippen LogP contribution in [0.5, 0.6) is 0 Å². The van der Waals surface area contributed by atoms with E-state index in [1.807, 2.05) is 12.1 Å². The molecule has 6 heteroatoms. The molecule has 4 rings (SSSR count). The van der Waals surface area contributed by atoms with E-state index in [0.717, 1.165) is 44.2 Å². The lowest BCUT2D eigenvalue weighted by atomic mass is 9.88. The smallest absolute Gasteiger partial charge is 0.301 e. The zero-order valence-electron chi connectivity index (χ0n) is 12.2. The number of anilines is 1. The summed E-state index contributed by atoms with van der Waals surface area (Å²) in [5, 5.41) is 15.7. The molecule has 2 aliphatic heterocycles. The Hall–Kier alpha value is -2.21. The number of benzene rings is 1. The van der Waals surface area contributed by atoms with Gasteiger partial charge in [-0.1, -0.05) is 0 Å². The van der Waals surface area contributed by atoms with Gasteiger partial charge < -0.3 is 10.2 Å². The number of nitro benzene ring substituents is 1. The molecule has 0 aliphatic carbocycles. The largest absolute Gasteiger partial charge is 0.366 e. The standard InChI is InChI=1S/C16H18N4O2/c21-20(22)16-13-2-1-6-18-14(13)3-4-15(16)19-7-5-11-8-17-9-12(11)10-19/h1-4,6,11-12,17H,5,7-10H2. The van der Waals surface area contributed by atoms with E-state index in [2.05, 4.69) is 15.2 Å². The van der Waals surface area contributed by atoms with Crippen molar-refractivity contribution in [2.75, 3.05) is 31.1 Å². The fourth-order valence-electron chi connectivity index (χ4n) is 3.83. The molecule has 2 aromatic rings. The molecule has 0 saturated carbocycles. The second-order valence-corrected chi connectivity index (χ2v) is 6.17. The van der Waals surface area contributed by atoms with E-state index in [1.54, 1.807) is 18.3 Å². The first kappa shape index (κ1) is 13.5. The Labute approximate surface area is 128 Å². The van der Waals surface area contributed by atoms with Crippen LogP contribution in [-0.4, -0.2) is 36.1 Å². The molecular weight excluding hydrogens is 280 g/mol. The van der Waals surface area contributed by atoms with Gasteiger partial charge in [-0.25, -0.2) is 0 Å². The monoisotopic (exact) mass is 298 g/mol. The van der Waals surface area contributed by atoms with Gasteiger partial charge in [-0.15, -0.1) is 0 Å². The number of rotatable bonds is 2. The van der Waals surface area contributed by atoms with Crippen LogP contribution in [0.1, 0.15) is 6.42 Å². The van der Waals surface area contributed by atoms with Crippen LogP contribution < -0.4 is 10.2 Å². The number of nitro groups is 1. The van der Waals surface area contributed by atoms with E-state index in [4.69, 9.17) is 0 Å². The molecule has 22 heavy (non-hydrogen) atoms. The molecule has 3 heterocycles. The summed E-state index contributed by atoms with van der Waals surface area (Å²) in [5.41, 5.74) is 1.60. The van der Waals surface area contributed by atoms with Crippen molar-refractivity contribution in [3.8, 4) is 0 Å². The van der Waals surface area contributed by atoms with Gasteiger partial charge >= 0.3 is 5.69 Å². The second-order valence-electron chi connectivity index (χ2n) is 6.17. The molecule has 1 N–H and O–H groups in total. The van der Waals surface area contributed by atoms with Gasteiger partial charge in [-0.05, 0) is 55.6 Å². The maximum absolute atomic E-state index is 11.6. The minimum atomic E-state index is -0.266. The average Bonchev–Trinajstić information content (AvgIpc) is 3.01. The maximum atomic E-state index is 11.6. The van der Waals surface area contributed by atoms with Crippen molar-refractivity contribution < 1.29 is 4.92 Å². The van der Waals surface area contributed by atoms with Gasteiger partial charge in [0.15, 0.2) is 0 Å². The first-order valence-corrected chi connectivity index (χ1v) is 7.72. The van der Waals surface area contributed by atoms with Gasteiger partial charge in [0.25, 0.3) is 0 Å². The van der Waals surface area contributed by atoms with E-state index in [-0.39, 0.29) is 10.6 Å². The van der Waals surface area contributed by atoms with Crippen molar-refractivity contribution in [2.24, 2.45) is 11.8 Å². The third-order valence-corrected chi connectivity index (χ3v) is 4.96. The highest BCUT2D eigenvalue weighted by Gasteiger charge is 2.35. The zero-order chi connectivity index (χ0) is 15.1. The molecule has 2 saturated heterocycles. The minimum Gasteiger partial charge on any atom is -0.366 e. The number of pyridine rings is 1. The molecule has 2 unspecified atom stereocenters. The lowest BCUT2D eigenvalue weighted by molar-refractivity contribution is -0.382. The molecule has 0 bridgehead atoms. The number of nitrogens with zero attached hydrogens (tertiary/aromatic N) is 3. The Morgan fingerprint density at radius 1 is 1.27 bits per heavy atom. The molecule has 2 atom stereocenters. The van der Waals surface area contributed by atoms with Crippen LogP contribution in [0.3, 0.4) is 0 Å². The Bertz CT molecular complexity index is 733. The van der Waals surface area contributed by atoms with Crippen LogP contribution in [0.4, 0.5) is 11.4 Å². The summed E-state index contributed by atoms with van der Waals surface area (Å²) in [5.74, 6) is 1.32. The van der Waals surface area contributed by atoms with Crippen LogP contribution in [0.15, 0.2) is 30.5 Å². The summed E-state index contributed by atoms with van der Waals surface area (Å²) in [6.07, 6.45) is 2.77. The Morgan fingerprint density at radius 3 is 3.00 bits per heavy atom. The van der Waals surface area contributed by atoms with Crippen molar-refractivity contribution in [1.29, 1.82) is 0 Å². The predicted molar refractivity (Wildman–Crippen MR) is 85.1 cm³/mol. The third kappa shape index (κ3) is 2.11. The molecule has 114 valence electrons. The van der Waals surface area contributed by atoms with Crippen LogP contribution in [0.25, 0.3) is 10.9 Å². The summed E-state index contributed by atoms with van der Waals surface area (Å²) in [6, 6.07) is 7.28. The third-order valence-electron chi connectivity index (χ3n) is 4.96. The molecule has 6 nitrogen and oxygen atoms in total. The molecule has 2 fully saturated rings. The van der Waals surface area contributed by atoms with Crippen LogP contribution in [0.2, 0.25) is 0 Å². The lowest BCUT2D eigenvalue weighted by Crippen LogP contribution is -2.40. The van der Waals surface area contributed by atoms with Crippen LogP contribution >= 0.6 is 0 Å². The molecular formula is C16H18N4O2. The van der Waals surface area contributed by atoms with E-state index in [0.29, 0.717) is 16.8 Å². The number of fused-ring (bicyclic) bond motifs is 2. The van der Waals surface area contributed by atoms with E-state index >= 15 is 0 Å². The summed E-state index contributed by atoms with van der Waals surface area (Å²) in [7, 11) is 0. The summed E-state index contributed by atoms with van der Waals surface area (Å²) >= 11 is 0. The van der Waals surface area contributed by atoms with E-state index < -0.39 is 0 Å². The van der Waals surface area contributed by atoms with Crippen LogP contribution in [-0.2, 0) is 0 Å². The lowest BCUT2D eigenvalue weighted by Gasteiger charge is -2.35. The van der Waals surface area contributed by atoms with Gasteiger partial charge in [0.05, 0.1) is 15.8 Å². The fourth-order valence-corrected chi connectivity index (χ4v) is 3.83. The van der Waals surface area contributed by atoms with Gasteiger partial charge in [-0.3, -0.25) is 15.1 Å². The highest BCUT2D eigenvalue weighted by Crippen LogP contribution is 2.38. The number of piperidine rings is 1. The summed E-state index contributed by atoms with van der Waals surface area (Å²) in [6.45, 7) is 3.88. The normalized spacial score (nSPS) is 24.5. The predicted octanol–water partition coefficient (Wildman–Crippen LogP) is 2.19. The first-order valence-electron chi connectivity index (χ1n) is 7.72. The summed E-state index contributed by atoms with van der Waals surface area (Å²) < 4.78 is 0. The van der Waals surface area contributed by atoms with E-state index in [9.17, 15) is 10.1 Å². The average molecular weight is 298 g/mol. The summed E-state index contributed by atoms with van der Waals surface area (Å²) in [4.78, 5) is 17.8. The highest BCUT2D eigenvalue weighted by molar-refractivity contribution is 5.94. The van der Waals surface area contributed by atoms with Crippen molar-refractivity contribution >= 4 is 22.3 Å². The Morgan fingerprint density at radius 2 is 2.14 bits per heavy atom. The van der Waals surface area contributed by atoms with Crippen molar-refractivity contribution in [1.82, 2.24) is 10.3 Å². The number of nitrogens with one attached hydrogen (secondary N) is 1. The number of hydrogen-bond donors (Lipinski definition) is 1. The molecule has 0 amide bonds. The van der Waals surface area contributed by atoms with Crippen molar-refractivity contribution in [2.45, 2.75) is 6.42 Å². The van der Waals surface area contributed by atoms with Crippen LogP contribution in [0, 0.1) is 22.0 Å². The fraction of sp³-hybridized carbons (Fsp3) is 0.438. The molecule has 0 spiro atoms. The minimum absolute atomic E-state index is 0.190. The molecule has 1 aromatic carbocycles. The van der Waals surface area contributed by atoms with Crippen molar-refractivity contribution in [3.05, 3.63) is 40.6 Å². The highest BCUT2D eigenvalue weighted by atomic mass is 16.6. The quantitative estimate of drug-likeness (QED) is 0.679. The van der Waals surface area contributed by atoms with Gasteiger partial charge in [0.2, 0.25) is 0 Å². The topological polar surface area (TPSA) is 71.3 Å². The zero-order valence-corrected chi connectivity index (χ0v) is 12.2. The number of hydrogen-bond acceptors (Lipinski definition) is 5. The molecule has 1 aromatic heterocycles. The van der Waals surface area contributed by atoms with Gasteiger partial charge in [-0.2, -0.15) is 0 Å². The molecule has 0 radical (unpaired) electrons. The van der Waals surface area contributed by atoms with Gasteiger partial charge in [0.1, 0.15) is 5.69 Å². The maximum Gasteiger partial charge on any atom is 0.301 e. The SMILES string of the molecule is O=[N+]([O-])c1c(N2CCC3CNCC3C2)ccc2ncccc12. The number of aromatic nitrogens is 1. The molecule has 2 aliphatic rings. The van der Waals surface area contributed by atoms with Crippen molar-refractivity contribution in [3.63, 3.8) is 0 Å². The first-order chi connectivity index (χ1) is 10.7. The second kappa shape index (κ2) is 5.21.